The Bertz CT molecular complexity index is 344. The highest BCUT2D eigenvalue weighted by atomic mass is 35.5. The summed E-state index contributed by atoms with van der Waals surface area (Å²) < 4.78 is 5.17. The summed E-state index contributed by atoms with van der Waals surface area (Å²) in [5.41, 5.74) is 8.70. The van der Waals surface area contributed by atoms with Crippen molar-refractivity contribution in [1.82, 2.24) is 0 Å². The number of halogens is 1. The highest BCUT2D eigenvalue weighted by Crippen LogP contribution is 2.33. The predicted octanol–water partition coefficient (Wildman–Crippen LogP) is 3.47. The van der Waals surface area contributed by atoms with Crippen LogP contribution in [-0.2, 0) is 0 Å². The molecule has 1 rings (SSSR count). The number of benzene rings is 1. The minimum atomic E-state index is 0. The first-order chi connectivity index (χ1) is 6.86. The van der Waals surface area contributed by atoms with Gasteiger partial charge in [0.1, 0.15) is 5.75 Å². The van der Waals surface area contributed by atoms with Gasteiger partial charge in [0.25, 0.3) is 0 Å². The lowest BCUT2D eigenvalue weighted by Crippen LogP contribution is -2.26. The lowest BCUT2D eigenvalue weighted by Gasteiger charge is -2.28. The third-order valence-electron chi connectivity index (χ3n) is 2.75. The van der Waals surface area contributed by atoms with Crippen LogP contribution in [0.4, 0.5) is 0 Å². The molecule has 0 aliphatic heterocycles. The van der Waals surface area contributed by atoms with Crippen LogP contribution < -0.4 is 10.5 Å². The van der Waals surface area contributed by atoms with Gasteiger partial charge in [-0.3, -0.25) is 0 Å². The van der Waals surface area contributed by atoms with E-state index in [4.69, 9.17) is 10.5 Å². The van der Waals surface area contributed by atoms with Gasteiger partial charge >= 0.3 is 0 Å². The van der Waals surface area contributed by atoms with Crippen LogP contribution in [0.25, 0.3) is 0 Å². The number of rotatable bonds is 2. The third kappa shape index (κ3) is 3.39. The largest absolute Gasteiger partial charge is 0.497 e. The van der Waals surface area contributed by atoms with E-state index >= 15 is 0 Å². The highest BCUT2D eigenvalue weighted by Gasteiger charge is 2.23. The molecule has 0 aliphatic rings. The standard InChI is InChI=1S/C13H21NO.ClH/c1-9-8-10(15-5)6-7-11(9)12(14)13(2,3)4;/h6-8,12H,14H2,1-5H3;1H/t12-;/m0./s1. The van der Waals surface area contributed by atoms with Crippen LogP contribution in [0, 0.1) is 12.3 Å². The van der Waals surface area contributed by atoms with Gasteiger partial charge in [-0.05, 0) is 35.6 Å². The molecule has 1 aromatic rings. The monoisotopic (exact) mass is 243 g/mol. The summed E-state index contributed by atoms with van der Waals surface area (Å²) >= 11 is 0. The van der Waals surface area contributed by atoms with Crippen LogP contribution in [0.1, 0.15) is 37.9 Å². The Balaban J connectivity index is 0.00000225. The smallest absolute Gasteiger partial charge is 0.119 e. The molecule has 0 unspecified atom stereocenters. The van der Waals surface area contributed by atoms with Gasteiger partial charge in [-0.1, -0.05) is 26.8 Å². The van der Waals surface area contributed by atoms with E-state index in [1.165, 1.54) is 11.1 Å². The molecule has 0 radical (unpaired) electrons. The molecule has 2 N–H and O–H groups in total. The molecule has 92 valence electrons. The predicted molar refractivity (Wildman–Crippen MR) is 71.4 cm³/mol. The Labute approximate surface area is 105 Å². The first-order valence-electron chi connectivity index (χ1n) is 5.26. The Morgan fingerprint density at radius 2 is 1.81 bits per heavy atom. The fraction of sp³-hybridized carbons (Fsp3) is 0.538. The first-order valence-corrected chi connectivity index (χ1v) is 5.26. The topological polar surface area (TPSA) is 35.2 Å². The Kier molecular flexibility index (Phi) is 5.30. The van der Waals surface area contributed by atoms with Crippen molar-refractivity contribution in [3.63, 3.8) is 0 Å². The first kappa shape index (κ1) is 15.3. The third-order valence-corrected chi connectivity index (χ3v) is 2.75. The Morgan fingerprint density at radius 1 is 1.25 bits per heavy atom. The molecule has 0 aromatic heterocycles. The average Bonchev–Trinajstić information content (AvgIpc) is 2.15. The molecule has 1 aromatic carbocycles. The molecule has 0 saturated carbocycles. The van der Waals surface area contributed by atoms with E-state index in [2.05, 4.69) is 33.8 Å². The molecule has 1 atom stereocenters. The van der Waals surface area contributed by atoms with Crippen molar-refractivity contribution in [2.45, 2.75) is 33.7 Å². The van der Waals surface area contributed by atoms with E-state index in [-0.39, 0.29) is 23.9 Å². The van der Waals surface area contributed by atoms with Gasteiger partial charge in [0.15, 0.2) is 0 Å². The SMILES string of the molecule is COc1ccc([C@H](N)C(C)(C)C)c(C)c1.Cl. The van der Waals surface area contributed by atoms with E-state index in [1.807, 2.05) is 12.1 Å². The molecular weight excluding hydrogens is 222 g/mol. The number of ether oxygens (including phenoxy) is 1. The summed E-state index contributed by atoms with van der Waals surface area (Å²) in [7, 11) is 1.68. The quantitative estimate of drug-likeness (QED) is 0.863. The van der Waals surface area contributed by atoms with Crippen LogP contribution in [0.15, 0.2) is 18.2 Å². The summed E-state index contributed by atoms with van der Waals surface area (Å²) in [4.78, 5) is 0. The van der Waals surface area contributed by atoms with Crippen molar-refractivity contribution >= 4 is 12.4 Å². The van der Waals surface area contributed by atoms with Crippen molar-refractivity contribution in [1.29, 1.82) is 0 Å². The molecule has 16 heavy (non-hydrogen) atoms. The van der Waals surface area contributed by atoms with E-state index in [9.17, 15) is 0 Å². The second-order valence-corrected chi connectivity index (χ2v) is 5.07. The molecule has 0 bridgehead atoms. The minimum Gasteiger partial charge on any atom is -0.497 e. The molecular formula is C13H22ClNO. The van der Waals surface area contributed by atoms with Gasteiger partial charge in [0.05, 0.1) is 7.11 Å². The van der Waals surface area contributed by atoms with Gasteiger partial charge in [0, 0.05) is 6.04 Å². The Morgan fingerprint density at radius 3 is 2.19 bits per heavy atom. The van der Waals surface area contributed by atoms with Crippen molar-refractivity contribution in [3.8, 4) is 5.75 Å². The molecule has 0 saturated heterocycles. The van der Waals surface area contributed by atoms with Crippen LogP contribution in [0.2, 0.25) is 0 Å². The fourth-order valence-corrected chi connectivity index (χ4v) is 1.59. The zero-order valence-corrected chi connectivity index (χ0v) is 11.5. The summed E-state index contributed by atoms with van der Waals surface area (Å²) in [5.74, 6) is 0.886. The second-order valence-electron chi connectivity index (χ2n) is 5.07. The van der Waals surface area contributed by atoms with Crippen LogP contribution in [-0.4, -0.2) is 7.11 Å². The number of methoxy groups -OCH3 is 1. The number of hydrogen-bond donors (Lipinski definition) is 1. The van der Waals surface area contributed by atoms with Crippen molar-refractivity contribution in [3.05, 3.63) is 29.3 Å². The van der Waals surface area contributed by atoms with Gasteiger partial charge in [0.2, 0.25) is 0 Å². The molecule has 0 amide bonds. The van der Waals surface area contributed by atoms with Crippen molar-refractivity contribution in [2.75, 3.05) is 7.11 Å². The maximum atomic E-state index is 6.22. The minimum absolute atomic E-state index is 0. The van der Waals surface area contributed by atoms with Crippen molar-refractivity contribution in [2.24, 2.45) is 11.1 Å². The zero-order chi connectivity index (χ0) is 11.6. The summed E-state index contributed by atoms with van der Waals surface area (Å²) in [6, 6.07) is 6.11. The second kappa shape index (κ2) is 5.55. The van der Waals surface area contributed by atoms with Gasteiger partial charge < -0.3 is 10.5 Å². The highest BCUT2D eigenvalue weighted by molar-refractivity contribution is 5.85. The van der Waals surface area contributed by atoms with Crippen LogP contribution >= 0.6 is 12.4 Å². The maximum absolute atomic E-state index is 6.22. The lowest BCUT2D eigenvalue weighted by molar-refractivity contribution is 0.325. The molecule has 0 fully saturated rings. The van der Waals surface area contributed by atoms with Gasteiger partial charge in [-0.2, -0.15) is 0 Å². The Hall–Kier alpha value is -0.730. The van der Waals surface area contributed by atoms with Gasteiger partial charge in [-0.15, -0.1) is 12.4 Å². The fourth-order valence-electron chi connectivity index (χ4n) is 1.59. The summed E-state index contributed by atoms with van der Waals surface area (Å²) in [5, 5.41) is 0. The van der Waals surface area contributed by atoms with Gasteiger partial charge in [-0.25, -0.2) is 0 Å². The summed E-state index contributed by atoms with van der Waals surface area (Å²) in [6.45, 7) is 8.54. The lowest BCUT2D eigenvalue weighted by atomic mass is 9.81. The molecule has 2 nitrogen and oxygen atoms in total. The molecule has 3 heteroatoms. The van der Waals surface area contributed by atoms with E-state index in [0.717, 1.165) is 5.75 Å². The molecule has 0 spiro atoms. The normalized spacial score (nSPS) is 12.9. The zero-order valence-electron chi connectivity index (χ0n) is 10.7. The molecule has 0 aliphatic carbocycles. The van der Waals surface area contributed by atoms with E-state index in [0.29, 0.717) is 0 Å². The maximum Gasteiger partial charge on any atom is 0.119 e. The number of aryl methyl sites for hydroxylation is 1. The van der Waals surface area contributed by atoms with E-state index < -0.39 is 0 Å². The number of hydrogen-bond acceptors (Lipinski definition) is 2. The summed E-state index contributed by atoms with van der Waals surface area (Å²) in [6.07, 6.45) is 0. The molecule has 0 heterocycles. The number of nitrogens with two attached hydrogens (primary N) is 1. The average molecular weight is 244 g/mol. The van der Waals surface area contributed by atoms with Crippen LogP contribution in [0.3, 0.4) is 0 Å². The van der Waals surface area contributed by atoms with Crippen LogP contribution in [0.5, 0.6) is 5.75 Å². The van der Waals surface area contributed by atoms with Crippen molar-refractivity contribution < 1.29 is 4.74 Å². The van der Waals surface area contributed by atoms with E-state index in [1.54, 1.807) is 7.11 Å².